The first kappa shape index (κ1) is 14.5. The molecule has 100 valence electrons. The Hall–Kier alpha value is -1.55. The van der Waals surface area contributed by atoms with Crippen molar-refractivity contribution in [2.75, 3.05) is 13.2 Å². The molecule has 0 saturated heterocycles. The second-order valence-electron chi connectivity index (χ2n) is 4.17. The molecule has 0 fully saturated rings. The van der Waals surface area contributed by atoms with Crippen LogP contribution in [0.2, 0.25) is 0 Å². The molecular weight excluding hydrogens is 232 g/mol. The van der Waals surface area contributed by atoms with Crippen molar-refractivity contribution in [2.45, 2.75) is 32.1 Å². The molecule has 1 aromatic carbocycles. The highest BCUT2D eigenvalue weighted by Crippen LogP contribution is 2.13. The van der Waals surface area contributed by atoms with Gasteiger partial charge in [-0.05, 0) is 37.1 Å². The molecule has 4 nitrogen and oxygen atoms in total. The Balaban J connectivity index is 2.14. The Morgan fingerprint density at radius 3 is 2.22 bits per heavy atom. The van der Waals surface area contributed by atoms with Crippen molar-refractivity contribution >= 4 is 5.97 Å². The third-order valence-electron chi connectivity index (χ3n) is 2.67. The number of carbonyl (C=O) groups is 1. The van der Waals surface area contributed by atoms with Gasteiger partial charge in [-0.25, -0.2) is 4.79 Å². The summed E-state index contributed by atoms with van der Waals surface area (Å²) in [4.78, 5) is 10.6. The van der Waals surface area contributed by atoms with Gasteiger partial charge in [0.25, 0.3) is 0 Å². The van der Waals surface area contributed by atoms with Crippen molar-refractivity contribution in [2.24, 2.45) is 0 Å². The van der Waals surface area contributed by atoms with Crippen molar-refractivity contribution in [3.05, 3.63) is 29.8 Å². The lowest BCUT2D eigenvalue weighted by Crippen LogP contribution is -1.99. The standard InChI is InChI=1S/C14H20O4/c15-10-4-2-1-3-5-11-18-13-8-6-12(7-9-13)14(16)17/h6-9,15H,1-5,10-11H2,(H,16,17). The lowest BCUT2D eigenvalue weighted by molar-refractivity contribution is 0.0697. The average Bonchev–Trinajstić information content (AvgIpc) is 2.38. The number of unbranched alkanes of at least 4 members (excludes halogenated alkanes) is 4. The minimum absolute atomic E-state index is 0.270. The van der Waals surface area contributed by atoms with E-state index in [9.17, 15) is 4.79 Å². The Morgan fingerprint density at radius 1 is 1.00 bits per heavy atom. The minimum atomic E-state index is -0.926. The minimum Gasteiger partial charge on any atom is -0.494 e. The molecule has 0 heterocycles. The van der Waals surface area contributed by atoms with E-state index in [1.54, 1.807) is 24.3 Å². The van der Waals surface area contributed by atoms with Crippen LogP contribution in [0.25, 0.3) is 0 Å². The molecule has 0 atom stereocenters. The summed E-state index contributed by atoms with van der Waals surface area (Å²) in [6, 6.07) is 6.43. The summed E-state index contributed by atoms with van der Waals surface area (Å²) >= 11 is 0. The number of benzene rings is 1. The predicted octanol–water partition coefficient (Wildman–Crippen LogP) is 2.71. The van der Waals surface area contributed by atoms with E-state index in [4.69, 9.17) is 14.9 Å². The maximum absolute atomic E-state index is 10.6. The van der Waals surface area contributed by atoms with Crippen molar-refractivity contribution in [3.8, 4) is 5.75 Å². The third kappa shape index (κ3) is 5.68. The van der Waals surface area contributed by atoms with Gasteiger partial charge in [0, 0.05) is 6.61 Å². The van der Waals surface area contributed by atoms with Gasteiger partial charge in [-0.15, -0.1) is 0 Å². The average molecular weight is 252 g/mol. The van der Waals surface area contributed by atoms with Crippen LogP contribution in [0.15, 0.2) is 24.3 Å². The predicted molar refractivity (Wildman–Crippen MR) is 69.1 cm³/mol. The van der Waals surface area contributed by atoms with Crippen LogP contribution in [0.3, 0.4) is 0 Å². The lowest BCUT2D eigenvalue weighted by Gasteiger charge is -2.06. The summed E-state index contributed by atoms with van der Waals surface area (Å²) in [5.41, 5.74) is 0.270. The molecule has 1 aromatic rings. The maximum atomic E-state index is 10.6. The molecular formula is C14H20O4. The first-order valence-electron chi connectivity index (χ1n) is 6.31. The molecule has 0 aromatic heterocycles. The number of carboxylic acids is 1. The van der Waals surface area contributed by atoms with Crippen molar-refractivity contribution < 1.29 is 19.7 Å². The monoisotopic (exact) mass is 252 g/mol. The number of aromatic carboxylic acids is 1. The highest BCUT2D eigenvalue weighted by atomic mass is 16.5. The number of rotatable bonds is 9. The van der Waals surface area contributed by atoms with Gasteiger partial charge in [-0.3, -0.25) is 0 Å². The van der Waals surface area contributed by atoms with Crippen LogP contribution >= 0.6 is 0 Å². The van der Waals surface area contributed by atoms with E-state index in [1.165, 1.54) is 0 Å². The van der Waals surface area contributed by atoms with Gasteiger partial charge >= 0.3 is 5.97 Å². The Bertz CT molecular complexity index is 345. The molecule has 0 amide bonds. The fourth-order valence-corrected chi connectivity index (χ4v) is 1.63. The van der Waals surface area contributed by atoms with E-state index in [0.717, 1.165) is 32.1 Å². The highest BCUT2D eigenvalue weighted by molar-refractivity contribution is 5.87. The van der Waals surface area contributed by atoms with E-state index in [2.05, 4.69) is 0 Å². The summed E-state index contributed by atoms with van der Waals surface area (Å²) in [6.45, 7) is 0.915. The Kier molecular flexibility index (Phi) is 6.87. The zero-order chi connectivity index (χ0) is 13.2. The number of hydrogen-bond donors (Lipinski definition) is 2. The number of carboxylic acid groups (broad SMARTS) is 1. The number of hydrogen-bond acceptors (Lipinski definition) is 3. The molecule has 0 saturated carbocycles. The molecule has 0 bridgehead atoms. The maximum Gasteiger partial charge on any atom is 0.335 e. The summed E-state index contributed by atoms with van der Waals surface area (Å²) < 4.78 is 5.50. The number of aliphatic hydroxyl groups excluding tert-OH is 1. The van der Waals surface area contributed by atoms with Crippen LogP contribution in [0, 0.1) is 0 Å². The smallest absolute Gasteiger partial charge is 0.335 e. The van der Waals surface area contributed by atoms with Gasteiger partial charge in [-0.2, -0.15) is 0 Å². The van der Waals surface area contributed by atoms with Crippen molar-refractivity contribution in [1.82, 2.24) is 0 Å². The Morgan fingerprint density at radius 2 is 1.61 bits per heavy atom. The van der Waals surface area contributed by atoms with Crippen LogP contribution in [0.1, 0.15) is 42.5 Å². The molecule has 0 aliphatic carbocycles. The summed E-state index contributed by atoms with van der Waals surface area (Å²) in [7, 11) is 0. The topological polar surface area (TPSA) is 66.8 Å². The molecule has 0 aliphatic heterocycles. The molecule has 1 rings (SSSR count). The summed E-state index contributed by atoms with van der Waals surface area (Å²) in [5, 5.41) is 17.3. The molecule has 0 spiro atoms. The molecule has 0 aliphatic rings. The normalized spacial score (nSPS) is 10.3. The number of aliphatic hydroxyl groups is 1. The van der Waals surface area contributed by atoms with E-state index in [-0.39, 0.29) is 12.2 Å². The summed E-state index contributed by atoms with van der Waals surface area (Å²) in [5.74, 6) is -0.221. The zero-order valence-corrected chi connectivity index (χ0v) is 10.5. The van der Waals surface area contributed by atoms with Crippen LogP contribution in [-0.4, -0.2) is 29.4 Å². The summed E-state index contributed by atoms with van der Waals surface area (Å²) in [6.07, 6.45) is 5.11. The van der Waals surface area contributed by atoms with Crippen molar-refractivity contribution in [1.29, 1.82) is 0 Å². The lowest BCUT2D eigenvalue weighted by atomic mass is 10.1. The van der Waals surface area contributed by atoms with E-state index >= 15 is 0 Å². The van der Waals surface area contributed by atoms with Gasteiger partial charge in [-0.1, -0.05) is 19.3 Å². The van der Waals surface area contributed by atoms with Crippen molar-refractivity contribution in [3.63, 3.8) is 0 Å². The molecule has 2 N–H and O–H groups in total. The van der Waals surface area contributed by atoms with Crippen LogP contribution in [-0.2, 0) is 0 Å². The van der Waals surface area contributed by atoms with Crippen LogP contribution < -0.4 is 4.74 Å². The largest absolute Gasteiger partial charge is 0.494 e. The second kappa shape index (κ2) is 8.53. The second-order valence-corrected chi connectivity index (χ2v) is 4.17. The van der Waals surface area contributed by atoms with Crippen LogP contribution in [0.4, 0.5) is 0 Å². The van der Waals surface area contributed by atoms with E-state index < -0.39 is 5.97 Å². The molecule has 4 heteroatoms. The number of ether oxygens (including phenoxy) is 1. The fourth-order valence-electron chi connectivity index (χ4n) is 1.63. The highest BCUT2D eigenvalue weighted by Gasteiger charge is 2.01. The van der Waals surface area contributed by atoms with Gasteiger partial charge in [0.1, 0.15) is 5.75 Å². The Labute approximate surface area is 107 Å². The van der Waals surface area contributed by atoms with Gasteiger partial charge in [0.2, 0.25) is 0 Å². The third-order valence-corrected chi connectivity index (χ3v) is 2.67. The first-order valence-corrected chi connectivity index (χ1v) is 6.31. The van der Waals surface area contributed by atoms with Crippen LogP contribution in [0.5, 0.6) is 5.75 Å². The first-order chi connectivity index (χ1) is 8.74. The zero-order valence-electron chi connectivity index (χ0n) is 10.5. The molecule has 0 unspecified atom stereocenters. The van der Waals surface area contributed by atoms with Gasteiger partial charge < -0.3 is 14.9 Å². The van der Waals surface area contributed by atoms with Gasteiger partial charge in [0.15, 0.2) is 0 Å². The quantitative estimate of drug-likeness (QED) is 0.663. The SMILES string of the molecule is O=C(O)c1ccc(OCCCCCCCO)cc1. The fraction of sp³-hybridized carbons (Fsp3) is 0.500. The van der Waals surface area contributed by atoms with Gasteiger partial charge in [0.05, 0.1) is 12.2 Å². The molecule has 0 radical (unpaired) electrons. The van der Waals surface area contributed by atoms with E-state index in [0.29, 0.717) is 12.4 Å². The van der Waals surface area contributed by atoms with E-state index in [1.807, 2.05) is 0 Å². The molecule has 18 heavy (non-hydrogen) atoms.